The van der Waals surface area contributed by atoms with Crippen LogP contribution in [0, 0.1) is 46.3 Å². The van der Waals surface area contributed by atoms with Crippen molar-refractivity contribution in [3.05, 3.63) is 11.6 Å². The van der Waals surface area contributed by atoms with Crippen molar-refractivity contribution in [3.63, 3.8) is 0 Å². The number of rotatable bonds is 1. The van der Waals surface area contributed by atoms with Crippen LogP contribution >= 0.6 is 0 Å². The third-order valence-electron chi connectivity index (χ3n) is 9.47. The summed E-state index contributed by atoms with van der Waals surface area (Å²) >= 11 is 0. The van der Waals surface area contributed by atoms with Crippen LogP contribution in [0.3, 0.4) is 0 Å². The summed E-state index contributed by atoms with van der Waals surface area (Å²) in [6.07, 6.45) is 4.03. The van der Waals surface area contributed by atoms with Gasteiger partial charge in [0.1, 0.15) is 0 Å². The predicted molar refractivity (Wildman–Crippen MR) is 100.0 cm³/mol. The van der Waals surface area contributed by atoms with Crippen LogP contribution in [0.15, 0.2) is 11.6 Å². The van der Waals surface area contributed by atoms with Gasteiger partial charge in [0.05, 0.1) is 5.92 Å². The van der Waals surface area contributed by atoms with Crippen LogP contribution in [-0.4, -0.2) is 12.0 Å². The van der Waals surface area contributed by atoms with E-state index in [1.165, 1.54) is 12.5 Å². The fraction of sp³-hybridized carbons (Fsp3) is 0.870. The van der Waals surface area contributed by atoms with Gasteiger partial charge in [-0.3, -0.25) is 4.79 Å². The normalized spacial score (nSPS) is 48.3. The van der Waals surface area contributed by atoms with Crippen LogP contribution in [-0.2, 0) is 4.79 Å². The van der Waals surface area contributed by atoms with Crippen molar-refractivity contribution < 1.29 is 18.0 Å². The molecule has 4 heteroatoms. The molecule has 0 aromatic heterocycles. The second-order valence-corrected chi connectivity index (χ2v) is 10.6. The molecule has 0 aromatic carbocycles. The van der Waals surface area contributed by atoms with E-state index in [-0.39, 0.29) is 22.5 Å². The predicted octanol–water partition coefficient (Wildman–Crippen LogP) is 6.58. The van der Waals surface area contributed by atoms with Crippen molar-refractivity contribution in [3.8, 4) is 0 Å². The van der Waals surface area contributed by atoms with E-state index in [1.54, 1.807) is 0 Å². The van der Waals surface area contributed by atoms with Crippen molar-refractivity contribution >= 4 is 5.78 Å². The van der Waals surface area contributed by atoms with Gasteiger partial charge < -0.3 is 0 Å². The highest BCUT2D eigenvalue weighted by Crippen LogP contribution is 2.68. The topological polar surface area (TPSA) is 17.1 Å². The largest absolute Gasteiger partial charge is 0.391 e. The molecule has 3 saturated carbocycles. The Hall–Kier alpha value is -0.800. The third kappa shape index (κ3) is 2.75. The number of hydrogen-bond acceptors (Lipinski definition) is 1. The average Bonchev–Trinajstić information content (AvgIpc) is 2.92. The zero-order valence-electron chi connectivity index (χ0n) is 17.0. The molecule has 7 unspecified atom stereocenters. The minimum absolute atomic E-state index is 0.0747. The molecule has 0 amide bonds. The first-order valence-electron chi connectivity index (χ1n) is 10.8. The van der Waals surface area contributed by atoms with E-state index in [2.05, 4.69) is 20.8 Å². The van der Waals surface area contributed by atoms with E-state index in [1.807, 2.05) is 6.08 Å². The monoisotopic (exact) mass is 382 g/mol. The quantitative estimate of drug-likeness (QED) is 0.501. The first-order valence-corrected chi connectivity index (χ1v) is 10.8. The summed E-state index contributed by atoms with van der Waals surface area (Å²) in [7, 11) is 0. The highest BCUT2D eigenvalue weighted by molar-refractivity contribution is 5.91. The van der Waals surface area contributed by atoms with Gasteiger partial charge in [-0.2, -0.15) is 13.2 Å². The van der Waals surface area contributed by atoms with Crippen LogP contribution in [0.4, 0.5) is 13.2 Å². The molecule has 152 valence electrons. The summed E-state index contributed by atoms with van der Waals surface area (Å²) in [4.78, 5) is 12.0. The van der Waals surface area contributed by atoms with Gasteiger partial charge in [0.2, 0.25) is 0 Å². The van der Waals surface area contributed by atoms with E-state index < -0.39 is 12.1 Å². The molecule has 0 bridgehead atoms. The molecule has 27 heavy (non-hydrogen) atoms. The smallest absolute Gasteiger partial charge is 0.295 e. The lowest BCUT2D eigenvalue weighted by molar-refractivity contribution is -0.199. The molecule has 0 heterocycles. The molecule has 3 fully saturated rings. The van der Waals surface area contributed by atoms with Crippen LogP contribution < -0.4 is 0 Å². The maximum Gasteiger partial charge on any atom is 0.391 e. The number of fused-ring (bicyclic) bond motifs is 5. The Bertz CT molecular complexity index is 665. The number of ketones is 1. The Morgan fingerprint density at radius 3 is 2.48 bits per heavy atom. The Morgan fingerprint density at radius 1 is 1.11 bits per heavy atom. The van der Waals surface area contributed by atoms with Gasteiger partial charge in [0.25, 0.3) is 0 Å². The van der Waals surface area contributed by atoms with Gasteiger partial charge >= 0.3 is 6.18 Å². The lowest BCUT2D eigenvalue weighted by Crippen LogP contribution is -2.53. The fourth-order valence-corrected chi connectivity index (χ4v) is 8.07. The maximum absolute atomic E-state index is 13.5. The van der Waals surface area contributed by atoms with Crippen molar-refractivity contribution in [1.29, 1.82) is 0 Å². The molecule has 0 aliphatic heterocycles. The van der Waals surface area contributed by atoms with Gasteiger partial charge in [-0.05, 0) is 85.0 Å². The highest BCUT2D eigenvalue weighted by atomic mass is 19.4. The van der Waals surface area contributed by atoms with Crippen LogP contribution in [0.5, 0.6) is 0 Å². The SMILES string of the molecule is CC(C1CCC2C3C[C@H](C)C4=CC(=O)CCC4(C)C3CCC21C)C(F)(F)F. The minimum Gasteiger partial charge on any atom is -0.295 e. The second kappa shape index (κ2) is 6.10. The fourth-order valence-electron chi connectivity index (χ4n) is 8.07. The third-order valence-corrected chi connectivity index (χ3v) is 9.47. The molecule has 8 atom stereocenters. The van der Waals surface area contributed by atoms with E-state index in [0.717, 1.165) is 38.5 Å². The second-order valence-electron chi connectivity index (χ2n) is 10.6. The molecule has 4 aliphatic rings. The van der Waals surface area contributed by atoms with Crippen molar-refractivity contribution in [2.75, 3.05) is 0 Å². The first-order chi connectivity index (χ1) is 12.5. The Morgan fingerprint density at radius 2 is 1.81 bits per heavy atom. The highest BCUT2D eigenvalue weighted by Gasteiger charge is 2.62. The number of halogens is 3. The van der Waals surface area contributed by atoms with E-state index in [4.69, 9.17) is 0 Å². The first kappa shape index (κ1) is 19.5. The number of alkyl halides is 3. The molecule has 0 radical (unpaired) electrons. The molecule has 0 N–H and O–H groups in total. The molecule has 0 aromatic rings. The summed E-state index contributed by atoms with van der Waals surface area (Å²) in [6.45, 7) is 8.14. The van der Waals surface area contributed by atoms with Gasteiger partial charge in [0, 0.05) is 6.42 Å². The summed E-state index contributed by atoms with van der Waals surface area (Å²) < 4.78 is 40.5. The van der Waals surface area contributed by atoms with Crippen LogP contribution in [0.1, 0.15) is 72.6 Å². The molecule has 4 rings (SSSR count). The van der Waals surface area contributed by atoms with Gasteiger partial charge in [-0.15, -0.1) is 0 Å². The Kier molecular flexibility index (Phi) is 4.41. The zero-order valence-corrected chi connectivity index (χ0v) is 17.0. The van der Waals surface area contributed by atoms with Gasteiger partial charge in [0.15, 0.2) is 5.78 Å². The summed E-state index contributed by atoms with van der Waals surface area (Å²) in [6, 6.07) is 0. The molecule has 0 saturated heterocycles. The number of carbonyl (C=O) groups excluding carboxylic acids is 1. The standard InChI is InChI=1S/C23H33F3O/c1-13-11-16-18-6-5-17(14(2)23(24,25)26)21(18,3)10-8-19(16)22(4)9-7-15(27)12-20(13)22/h12-14,16-19H,5-11H2,1-4H3/t13-,14?,16?,17?,18?,19?,21?,22?/m0/s1. The molecule has 1 nitrogen and oxygen atoms in total. The minimum atomic E-state index is -4.09. The lowest BCUT2D eigenvalue weighted by atomic mass is 9.45. The van der Waals surface area contributed by atoms with Crippen molar-refractivity contribution in [1.82, 2.24) is 0 Å². The zero-order chi connectivity index (χ0) is 19.8. The Balaban J connectivity index is 1.66. The van der Waals surface area contributed by atoms with Gasteiger partial charge in [-0.25, -0.2) is 0 Å². The molecule has 0 spiro atoms. The Labute approximate surface area is 161 Å². The number of hydrogen-bond donors (Lipinski definition) is 0. The van der Waals surface area contributed by atoms with Crippen LogP contribution in [0.25, 0.3) is 0 Å². The van der Waals surface area contributed by atoms with Gasteiger partial charge in [-0.1, -0.05) is 33.3 Å². The summed E-state index contributed by atoms with van der Waals surface area (Å²) in [5.41, 5.74) is 1.23. The molecule has 4 aliphatic carbocycles. The summed E-state index contributed by atoms with van der Waals surface area (Å²) in [5.74, 6) is 0.644. The van der Waals surface area contributed by atoms with Crippen molar-refractivity contribution in [2.45, 2.75) is 78.8 Å². The average molecular weight is 383 g/mol. The molecular formula is C23H33F3O. The maximum atomic E-state index is 13.5. The van der Waals surface area contributed by atoms with E-state index in [9.17, 15) is 18.0 Å². The number of allylic oxidation sites excluding steroid dienone is 1. The molecular weight excluding hydrogens is 349 g/mol. The van der Waals surface area contributed by atoms with E-state index >= 15 is 0 Å². The van der Waals surface area contributed by atoms with Crippen molar-refractivity contribution in [2.24, 2.45) is 46.3 Å². The summed E-state index contributed by atoms with van der Waals surface area (Å²) in [5, 5.41) is 0. The van der Waals surface area contributed by atoms with E-state index in [0.29, 0.717) is 30.1 Å². The van der Waals surface area contributed by atoms with Crippen LogP contribution in [0.2, 0.25) is 0 Å². The number of carbonyl (C=O) groups is 1. The lowest BCUT2D eigenvalue weighted by Gasteiger charge is -2.60.